The first-order chi connectivity index (χ1) is 9.16. The lowest BCUT2D eigenvalue weighted by molar-refractivity contribution is 0.202. The van der Waals surface area contributed by atoms with E-state index in [4.69, 9.17) is 5.73 Å². The van der Waals surface area contributed by atoms with Crippen molar-refractivity contribution in [3.05, 3.63) is 23.9 Å². The zero-order valence-corrected chi connectivity index (χ0v) is 11.9. The second kappa shape index (κ2) is 5.10. The van der Waals surface area contributed by atoms with E-state index in [2.05, 4.69) is 27.8 Å². The highest BCUT2D eigenvalue weighted by molar-refractivity contribution is 5.50. The molecular formula is C15H24N4. The molecule has 19 heavy (non-hydrogen) atoms. The maximum atomic E-state index is 6.10. The van der Waals surface area contributed by atoms with Crippen LogP contribution in [0, 0.1) is 0 Å². The molecule has 0 saturated carbocycles. The van der Waals surface area contributed by atoms with E-state index in [0.29, 0.717) is 12.1 Å². The average Bonchev–Trinajstić information content (AvgIpc) is 2.84. The smallest absolute Gasteiger partial charge is 0.133 e. The van der Waals surface area contributed by atoms with Crippen LogP contribution in [0.4, 0.5) is 5.82 Å². The standard InChI is InChI=1S/C15H24N4/c1-11-9-18-8-4-5-13(18)10-19(11)15-14(12(2)16)6-3-7-17-15/h3,6-7,11-13H,4-5,8-10,16H2,1-2H3/t11?,12-,13?/m0/s1. The zero-order valence-electron chi connectivity index (χ0n) is 11.9. The van der Waals surface area contributed by atoms with Crippen molar-refractivity contribution in [2.45, 2.75) is 44.8 Å². The fourth-order valence-electron chi connectivity index (χ4n) is 3.49. The van der Waals surface area contributed by atoms with E-state index < -0.39 is 0 Å². The van der Waals surface area contributed by atoms with Crippen molar-refractivity contribution >= 4 is 5.82 Å². The first kappa shape index (κ1) is 12.9. The first-order valence-corrected chi connectivity index (χ1v) is 7.38. The average molecular weight is 260 g/mol. The predicted molar refractivity (Wildman–Crippen MR) is 78.2 cm³/mol. The summed E-state index contributed by atoms with van der Waals surface area (Å²) in [5.41, 5.74) is 7.26. The van der Waals surface area contributed by atoms with Gasteiger partial charge in [0.05, 0.1) is 0 Å². The van der Waals surface area contributed by atoms with Gasteiger partial charge in [-0.15, -0.1) is 0 Å². The van der Waals surface area contributed by atoms with Gasteiger partial charge >= 0.3 is 0 Å². The summed E-state index contributed by atoms with van der Waals surface area (Å²) in [6, 6.07) is 5.36. The number of nitrogens with zero attached hydrogens (tertiary/aromatic N) is 3. The van der Waals surface area contributed by atoms with E-state index in [9.17, 15) is 0 Å². The molecule has 1 aromatic rings. The molecule has 2 N–H and O–H groups in total. The lowest BCUT2D eigenvalue weighted by Gasteiger charge is -2.43. The van der Waals surface area contributed by atoms with E-state index in [1.54, 1.807) is 0 Å². The number of aromatic nitrogens is 1. The van der Waals surface area contributed by atoms with Gasteiger partial charge in [0.25, 0.3) is 0 Å². The van der Waals surface area contributed by atoms with Crippen LogP contribution in [0.5, 0.6) is 0 Å². The normalized spacial score (nSPS) is 29.3. The number of hydrogen-bond acceptors (Lipinski definition) is 4. The van der Waals surface area contributed by atoms with Crippen molar-refractivity contribution in [1.82, 2.24) is 9.88 Å². The first-order valence-electron chi connectivity index (χ1n) is 7.38. The fourth-order valence-corrected chi connectivity index (χ4v) is 3.49. The largest absolute Gasteiger partial charge is 0.351 e. The summed E-state index contributed by atoms with van der Waals surface area (Å²) in [4.78, 5) is 9.71. The van der Waals surface area contributed by atoms with Gasteiger partial charge in [-0.1, -0.05) is 6.07 Å². The Morgan fingerprint density at radius 3 is 3.05 bits per heavy atom. The molecule has 3 rings (SSSR count). The maximum absolute atomic E-state index is 6.10. The number of pyridine rings is 1. The highest BCUT2D eigenvalue weighted by atomic mass is 15.3. The van der Waals surface area contributed by atoms with Crippen molar-refractivity contribution in [2.75, 3.05) is 24.5 Å². The number of hydrogen-bond donors (Lipinski definition) is 1. The topological polar surface area (TPSA) is 45.4 Å². The minimum atomic E-state index is 0.0394. The molecule has 0 spiro atoms. The van der Waals surface area contributed by atoms with Crippen LogP contribution in [0.25, 0.3) is 0 Å². The van der Waals surface area contributed by atoms with Crippen LogP contribution in [0.15, 0.2) is 18.3 Å². The Morgan fingerprint density at radius 2 is 2.26 bits per heavy atom. The van der Waals surface area contributed by atoms with Crippen molar-refractivity contribution in [3.63, 3.8) is 0 Å². The van der Waals surface area contributed by atoms with Crippen LogP contribution in [-0.2, 0) is 0 Å². The summed E-state index contributed by atoms with van der Waals surface area (Å²) in [6.45, 7) is 7.86. The molecule has 2 fully saturated rings. The summed E-state index contributed by atoms with van der Waals surface area (Å²) < 4.78 is 0. The third-order valence-electron chi connectivity index (χ3n) is 4.52. The Morgan fingerprint density at radius 1 is 1.42 bits per heavy atom. The second-order valence-corrected chi connectivity index (χ2v) is 6.00. The monoisotopic (exact) mass is 260 g/mol. The van der Waals surface area contributed by atoms with Crippen LogP contribution in [-0.4, -0.2) is 41.6 Å². The number of piperazine rings is 1. The van der Waals surface area contributed by atoms with E-state index >= 15 is 0 Å². The van der Waals surface area contributed by atoms with Crippen LogP contribution >= 0.6 is 0 Å². The fraction of sp³-hybridized carbons (Fsp3) is 0.667. The van der Waals surface area contributed by atoms with Crippen LogP contribution in [0.2, 0.25) is 0 Å². The third-order valence-corrected chi connectivity index (χ3v) is 4.52. The SMILES string of the molecule is CC1CN2CCCC2CN1c1ncccc1[C@H](C)N. The molecule has 3 atom stereocenters. The Bertz CT molecular complexity index is 446. The molecule has 0 aliphatic carbocycles. The third kappa shape index (κ3) is 2.35. The Hall–Kier alpha value is -1.13. The van der Waals surface area contributed by atoms with Gasteiger partial charge in [0.15, 0.2) is 0 Å². The molecule has 2 aliphatic rings. The van der Waals surface area contributed by atoms with Crippen LogP contribution in [0.1, 0.15) is 38.3 Å². The maximum Gasteiger partial charge on any atom is 0.133 e. The van der Waals surface area contributed by atoms with Crippen molar-refractivity contribution < 1.29 is 0 Å². The van der Waals surface area contributed by atoms with Gasteiger partial charge in [0.2, 0.25) is 0 Å². The van der Waals surface area contributed by atoms with Gasteiger partial charge in [-0.2, -0.15) is 0 Å². The lowest BCUT2D eigenvalue weighted by Crippen LogP contribution is -2.55. The van der Waals surface area contributed by atoms with Crippen LogP contribution in [0.3, 0.4) is 0 Å². The minimum absolute atomic E-state index is 0.0394. The molecule has 2 aliphatic heterocycles. The molecular weight excluding hydrogens is 236 g/mol. The second-order valence-electron chi connectivity index (χ2n) is 6.00. The van der Waals surface area contributed by atoms with Gasteiger partial charge in [0.1, 0.15) is 5.82 Å². The van der Waals surface area contributed by atoms with Gasteiger partial charge in [0, 0.05) is 43.0 Å². The van der Waals surface area contributed by atoms with Crippen molar-refractivity contribution in [3.8, 4) is 0 Å². The van der Waals surface area contributed by atoms with E-state index in [-0.39, 0.29) is 6.04 Å². The summed E-state index contributed by atoms with van der Waals surface area (Å²) in [5, 5.41) is 0. The molecule has 4 heteroatoms. The number of rotatable bonds is 2. The molecule has 0 aromatic carbocycles. The van der Waals surface area contributed by atoms with Gasteiger partial charge in [-0.3, -0.25) is 4.90 Å². The summed E-state index contributed by atoms with van der Waals surface area (Å²) in [6.07, 6.45) is 4.55. The Kier molecular flexibility index (Phi) is 3.46. The summed E-state index contributed by atoms with van der Waals surface area (Å²) in [5.74, 6) is 1.09. The number of anilines is 1. The summed E-state index contributed by atoms with van der Waals surface area (Å²) >= 11 is 0. The molecule has 2 saturated heterocycles. The van der Waals surface area contributed by atoms with Crippen molar-refractivity contribution in [2.24, 2.45) is 5.73 Å². The minimum Gasteiger partial charge on any atom is -0.351 e. The highest BCUT2D eigenvalue weighted by Crippen LogP contribution is 2.30. The predicted octanol–water partition coefficient (Wildman–Crippen LogP) is 1.77. The molecule has 0 amide bonds. The molecule has 104 valence electrons. The Labute approximate surface area is 115 Å². The van der Waals surface area contributed by atoms with E-state index in [1.807, 2.05) is 19.2 Å². The lowest BCUT2D eigenvalue weighted by atomic mass is 10.0. The molecule has 0 radical (unpaired) electrons. The molecule has 1 aromatic heterocycles. The number of fused-ring (bicyclic) bond motifs is 1. The van der Waals surface area contributed by atoms with Crippen LogP contribution < -0.4 is 10.6 Å². The number of nitrogens with two attached hydrogens (primary N) is 1. The van der Waals surface area contributed by atoms with E-state index in [0.717, 1.165) is 18.9 Å². The van der Waals surface area contributed by atoms with Crippen molar-refractivity contribution in [1.29, 1.82) is 0 Å². The molecule has 3 heterocycles. The Balaban J connectivity index is 1.89. The highest BCUT2D eigenvalue weighted by Gasteiger charge is 2.35. The zero-order chi connectivity index (χ0) is 13.4. The van der Waals surface area contributed by atoms with Gasteiger partial charge in [-0.25, -0.2) is 4.98 Å². The van der Waals surface area contributed by atoms with E-state index in [1.165, 1.54) is 24.9 Å². The molecule has 2 unspecified atom stereocenters. The quantitative estimate of drug-likeness (QED) is 0.880. The summed E-state index contributed by atoms with van der Waals surface area (Å²) in [7, 11) is 0. The molecule has 4 nitrogen and oxygen atoms in total. The molecule has 0 bridgehead atoms. The van der Waals surface area contributed by atoms with Gasteiger partial charge < -0.3 is 10.6 Å². The van der Waals surface area contributed by atoms with Gasteiger partial charge in [-0.05, 0) is 39.3 Å².